The van der Waals surface area contributed by atoms with Gasteiger partial charge in [0, 0.05) is 60.7 Å². The first kappa shape index (κ1) is 33.9. The number of carbonyl (C=O) groups is 3. The Bertz CT molecular complexity index is 1830. The van der Waals surface area contributed by atoms with Crippen LogP contribution in [0.15, 0.2) is 41.0 Å². The van der Waals surface area contributed by atoms with Gasteiger partial charge in [-0.1, -0.05) is 37.8 Å². The van der Waals surface area contributed by atoms with Crippen molar-refractivity contribution in [3.05, 3.63) is 47.9 Å². The number of H-pyrrole nitrogens is 1. The topological polar surface area (TPSA) is 108 Å². The van der Waals surface area contributed by atoms with Crippen LogP contribution in [0.25, 0.3) is 22.2 Å². The second kappa shape index (κ2) is 13.3. The van der Waals surface area contributed by atoms with Crippen LogP contribution < -0.4 is 5.32 Å². The summed E-state index contributed by atoms with van der Waals surface area (Å²) in [4.78, 5) is 51.9. The summed E-state index contributed by atoms with van der Waals surface area (Å²) in [5.74, 6) is 3.07. The van der Waals surface area contributed by atoms with Crippen molar-refractivity contribution in [1.29, 1.82) is 0 Å². The molecular weight excluding hydrogens is 665 g/mol. The van der Waals surface area contributed by atoms with Gasteiger partial charge in [0.2, 0.25) is 17.7 Å². The number of aromatic nitrogens is 1. The van der Waals surface area contributed by atoms with E-state index in [1.165, 1.54) is 69.8 Å². The zero-order valence-corrected chi connectivity index (χ0v) is 31.2. The summed E-state index contributed by atoms with van der Waals surface area (Å²) < 4.78 is 11.5. The number of fused-ring (bicyclic) bond motifs is 5. The lowest BCUT2D eigenvalue weighted by atomic mass is 9.49. The summed E-state index contributed by atoms with van der Waals surface area (Å²) in [7, 11) is 0. The molecule has 0 spiro atoms. The minimum atomic E-state index is -0.793. The molecule has 4 bridgehead atoms. The van der Waals surface area contributed by atoms with Crippen LogP contribution in [0.1, 0.15) is 101 Å². The molecule has 0 radical (unpaired) electrons. The third kappa shape index (κ3) is 5.86. The van der Waals surface area contributed by atoms with Gasteiger partial charge in [0.15, 0.2) is 0 Å². The normalized spacial score (nSPS) is 33.7. The molecule has 1 aromatic carbocycles. The smallest absolute Gasteiger partial charge is 0.228 e. The van der Waals surface area contributed by atoms with Crippen molar-refractivity contribution in [2.45, 2.75) is 102 Å². The first-order valence-corrected chi connectivity index (χ1v) is 21.0. The van der Waals surface area contributed by atoms with Crippen LogP contribution in [-0.2, 0) is 31.1 Å². The van der Waals surface area contributed by atoms with E-state index in [4.69, 9.17) is 9.15 Å². The Morgan fingerprint density at radius 2 is 1.70 bits per heavy atom. The number of piperidine rings is 1. The first-order chi connectivity index (χ1) is 25.9. The predicted molar refractivity (Wildman–Crippen MR) is 202 cm³/mol. The molecule has 9 nitrogen and oxygen atoms in total. The molecule has 7 fully saturated rings. The highest BCUT2D eigenvalue weighted by atomic mass is 16.5. The molecule has 3 aliphatic heterocycles. The van der Waals surface area contributed by atoms with Crippen molar-refractivity contribution in [3.63, 3.8) is 0 Å². The fraction of sp³-hybridized carbons (Fsp3) is 0.659. The number of nitrogens with zero attached hydrogens (tertiary/aromatic N) is 2. The second-order valence-electron chi connectivity index (χ2n) is 18.4. The summed E-state index contributed by atoms with van der Waals surface area (Å²) in [6.45, 7) is 3.47. The lowest BCUT2D eigenvalue weighted by molar-refractivity contribution is -0.169. The molecule has 5 heterocycles. The van der Waals surface area contributed by atoms with E-state index in [9.17, 15) is 9.59 Å². The lowest BCUT2D eigenvalue weighted by Gasteiger charge is -2.57. The number of morpholine rings is 1. The number of rotatable bonds is 9. The van der Waals surface area contributed by atoms with Crippen molar-refractivity contribution in [2.24, 2.45) is 40.9 Å². The number of aromatic amines is 1. The minimum Gasteiger partial charge on any atom is -0.464 e. The molecule has 9 heteroatoms. The molecule has 53 heavy (non-hydrogen) atoms. The van der Waals surface area contributed by atoms with Crippen molar-refractivity contribution in [3.8, 4) is 11.3 Å². The number of nitrogens with one attached hydrogen (secondary N) is 2. The van der Waals surface area contributed by atoms with Gasteiger partial charge < -0.3 is 29.3 Å². The van der Waals surface area contributed by atoms with E-state index < -0.39 is 17.4 Å². The maximum Gasteiger partial charge on any atom is 0.228 e. The maximum atomic E-state index is 15.1. The van der Waals surface area contributed by atoms with Crippen LogP contribution in [0.3, 0.4) is 0 Å². The highest BCUT2D eigenvalue weighted by Crippen LogP contribution is 2.60. The van der Waals surface area contributed by atoms with Gasteiger partial charge in [-0.15, -0.1) is 0 Å². The van der Waals surface area contributed by atoms with E-state index in [2.05, 4.69) is 33.4 Å². The Balaban J connectivity index is 0.994. The van der Waals surface area contributed by atoms with E-state index in [1.807, 2.05) is 17.0 Å². The monoisotopic (exact) mass is 720 g/mol. The fourth-order valence-electron chi connectivity index (χ4n) is 13.2. The van der Waals surface area contributed by atoms with Gasteiger partial charge in [0.05, 0.1) is 30.9 Å². The van der Waals surface area contributed by atoms with Gasteiger partial charge in [-0.25, -0.2) is 0 Å². The molecule has 282 valence electrons. The average Bonchev–Trinajstić information content (AvgIpc) is 3.96. The highest BCUT2D eigenvalue weighted by molar-refractivity contribution is 5.94. The Morgan fingerprint density at radius 3 is 2.42 bits per heavy atom. The van der Waals surface area contributed by atoms with Gasteiger partial charge >= 0.3 is 0 Å². The van der Waals surface area contributed by atoms with Crippen molar-refractivity contribution >= 4 is 28.6 Å². The first-order valence-electron chi connectivity index (χ1n) is 21.0. The maximum absolute atomic E-state index is 15.1. The van der Waals surface area contributed by atoms with Gasteiger partial charge in [-0.3, -0.25) is 14.4 Å². The zero-order chi connectivity index (χ0) is 35.7. The summed E-state index contributed by atoms with van der Waals surface area (Å²) in [6.07, 6.45) is 17.5. The Kier molecular flexibility index (Phi) is 8.52. The molecular formula is C44H56N4O5. The van der Waals surface area contributed by atoms with E-state index in [1.54, 1.807) is 6.26 Å². The molecule has 2 aromatic heterocycles. The largest absolute Gasteiger partial charge is 0.464 e. The van der Waals surface area contributed by atoms with Crippen molar-refractivity contribution < 1.29 is 23.5 Å². The zero-order valence-electron chi connectivity index (χ0n) is 31.2. The number of benzene rings is 1. The minimum absolute atomic E-state index is 0.0242. The van der Waals surface area contributed by atoms with E-state index in [0.29, 0.717) is 45.2 Å². The third-order valence-electron chi connectivity index (χ3n) is 15.2. The van der Waals surface area contributed by atoms with E-state index in [-0.39, 0.29) is 29.6 Å². The van der Waals surface area contributed by atoms with E-state index >= 15 is 4.79 Å². The Labute approximate surface area is 312 Å². The van der Waals surface area contributed by atoms with Crippen LogP contribution in [0.5, 0.6) is 0 Å². The van der Waals surface area contributed by atoms with Crippen molar-refractivity contribution in [2.75, 3.05) is 39.4 Å². The number of hydrogen-bond acceptors (Lipinski definition) is 5. The number of carbonyl (C=O) groups excluding carboxylic acids is 3. The third-order valence-corrected chi connectivity index (χ3v) is 15.2. The van der Waals surface area contributed by atoms with Gasteiger partial charge in [-0.05, 0) is 117 Å². The molecule has 5 aliphatic carbocycles. The van der Waals surface area contributed by atoms with Gasteiger partial charge in [-0.2, -0.15) is 0 Å². The van der Waals surface area contributed by atoms with Crippen LogP contribution in [-0.4, -0.2) is 71.9 Å². The molecule has 2 saturated heterocycles. The predicted octanol–water partition coefficient (Wildman–Crippen LogP) is 7.20. The van der Waals surface area contributed by atoms with Crippen LogP contribution in [0.4, 0.5) is 0 Å². The molecule has 3 aromatic rings. The van der Waals surface area contributed by atoms with Gasteiger partial charge in [0.1, 0.15) is 5.76 Å². The van der Waals surface area contributed by atoms with Gasteiger partial charge in [0.25, 0.3) is 0 Å². The number of furan rings is 1. The van der Waals surface area contributed by atoms with Crippen LogP contribution in [0, 0.1) is 40.9 Å². The van der Waals surface area contributed by atoms with Crippen LogP contribution >= 0.6 is 0 Å². The molecule has 3 amide bonds. The molecule has 2 N–H and O–H groups in total. The number of amides is 3. The van der Waals surface area contributed by atoms with E-state index in [0.717, 1.165) is 71.5 Å². The highest BCUT2D eigenvalue weighted by Gasteiger charge is 2.60. The Morgan fingerprint density at radius 1 is 0.943 bits per heavy atom. The lowest BCUT2D eigenvalue weighted by Crippen LogP contribution is -2.66. The SMILES string of the molecule is O=C(C[C@H]1C[C@H](C(=O)N2CCOCC2)[C@@]2(CCC3CCCC3)c3[nH]c4cc(-c5ccco5)ccc4c3CCN2C1=O)NCC12CC3CC(CC(C3)C1)C2. The Hall–Kier alpha value is -3.59. The molecule has 0 unspecified atom stereocenters. The summed E-state index contributed by atoms with van der Waals surface area (Å²) >= 11 is 0. The standard InChI is InChI=1S/C44H56N4O5/c49-39(45-27-43-24-29-18-30(25-43)20-31(19-29)26-43)23-33-21-36(42(51)47-13-16-52-17-14-47)44(11-9-28-4-1-2-5-28)40-35(10-12-48(44)41(33)50)34-8-7-32(22-37(34)46-40)38-6-3-15-53-38/h3,6-8,15,22,28-31,33,36,46H,1-2,4-5,9-14,16-21,23-27H2,(H,45,49)/t29?,30?,31?,33-,36-,43?,44+/m1/s1. The summed E-state index contributed by atoms with van der Waals surface area (Å²) in [5, 5.41) is 4.53. The summed E-state index contributed by atoms with van der Waals surface area (Å²) in [5.41, 5.74) is 3.73. The molecule has 5 saturated carbocycles. The molecule has 8 aliphatic rings. The fourth-order valence-corrected chi connectivity index (χ4v) is 13.2. The second-order valence-corrected chi connectivity index (χ2v) is 18.4. The van der Waals surface area contributed by atoms with Crippen molar-refractivity contribution in [1.82, 2.24) is 20.1 Å². The molecule has 11 rings (SSSR count). The van der Waals surface area contributed by atoms with Crippen LogP contribution in [0.2, 0.25) is 0 Å². The number of hydrogen-bond donors (Lipinski definition) is 2. The quantitative estimate of drug-likeness (QED) is 0.243. The average molecular weight is 721 g/mol. The molecule has 3 atom stereocenters. The summed E-state index contributed by atoms with van der Waals surface area (Å²) in [6, 6.07) is 10.3. The number of ether oxygens (including phenoxy) is 1.